The summed E-state index contributed by atoms with van der Waals surface area (Å²) in [7, 11) is 0. The Labute approximate surface area is 136 Å². The number of aryl methyl sites for hydroxylation is 1. The molecule has 1 amide bonds. The van der Waals surface area contributed by atoms with E-state index >= 15 is 0 Å². The highest BCUT2D eigenvalue weighted by molar-refractivity contribution is 9.11. The number of hydrazine groups is 1. The second-order valence-electron chi connectivity index (χ2n) is 4.44. The molecule has 112 valence electrons. The van der Waals surface area contributed by atoms with Crippen LogP contribution in [-0.4, -0.2) is 17.4 Å². The molecule has 2 heterocycles. The molecule has 0 aliphatic rings. The van der Waals surface area contributed by atoms with Gasteiger partial charge in [-0.25, -0.2) is 10.8 Å². The van der Waals surface area contributed by atoms with Crippen molar-refractivity contribution in [2.24, 2.45) is 5.84 Å². The lowest BCUT2D eigenvalue weighted by molar-refractivity contribution is 0.0954. The van der Waals surface area contributed by atoms with Gasteiger partial charge in [0.1, 0.15) is 5.82 Å². The van der Waals surface area contributed by atoms with Crippen LogP contribution in [0.4, 0.5) is 5.82 Å². The van der Waals surface area contributed by atoms with Crippen molar-refractivity contribution in [3.05, 3.63) is 44.2 Å². The maximum atomic E-state index is 12.2. The van der Waals surface area contributed by atoms with Gasteiger partial charge in [-0.3, -0.25) is 4.79 Å². The maximum absolute atomic E-state index is 12.2. The fourth-order valence-corrected chi connectivity index (χ4v) is 3.34. The van der Waals surface area contributed by atoms with E-state index in [4.69, 9.17) is 5.84 Å². The van der Waals surface area contributed by atoms with E-state index < -0.39 is 0 Å². The van der Waals surface area contributed by atoms with E-state index in [-0.39, 0.29) is 5.91 Å². The minimum Gasteiger partial charge on any atom is -0.352 e. The Hall–Kier alpha value is -1.44. The third-order valence-electron chi connectivity index (χ3n) is 2.94. The second-order valence-corrected chi connectivity index (χ2v) is 6.99. The molecule has 0 unspecified atom stereocenters. The van der Waals surface area contributed by atoms with Gasteiger partial charge in [-0.1, -0.05) is 6.92 Å². The summed E-state index contributed by atoms with van der Waals surface area (Å²) in [6.07, 6.45) is 1.56. The van der Waals surface area contributed by atoms with Gasteiger partial charge < -0.3 is 10.7 Å². The number of thiophene rings is 1. The lowest BCUT2D eigenvalue weighted by atomic mass is 10.2. The quantitative estimate of drug-likeness (QED) is 0.540. The van der Waals surface area contributed by atoms with Crippen molar-refractivity contribution in [2.45, 2.75) is 19.8 Å². The molecule has 0 spiro atoms. The normalized spacial score (nSPS) is 10.4. The number of hydrogen-bond donors (Lipinski definition) is 3. The first-order chi connectivity index (χ1) is 10.1. The van der Waals surface area contributed by atoms with E-state index in [9.17, 15) is 4.79 Å². The van der Waals surface area contributed by atoms with E-state index in [1.165, 1.54) is 4.88 Å². The molecule has 0 aliphatic heterocycles. The first-order valence-corrected chi connectivity index (χ1v) is 8.23. The SMILES string of the molecule is CCc1cc(C(=O)NCCc2ccc(Br)s2)cc(NN)n1. The molecule has 2 aromatic rings. The predicted octanol–water partition coefficient (Wildman–Crippen LogP) is 2.73. The molecule has 0 fully saturated rings. The number of carbonyl (C=O) groups is 1. The van der Waals surface area contributed by atoms with Crippen LogP contribution in [-0.2, 0) is 12.8 Å². The Morgan fingerprint density at radius 1 is 1.43 bits per heavy atom. The fourth-order valence-electron chi connectivity index (χ4n) is 1.86. The average molecular weight is 369 g/mol. The Kier molecular flexibility index (Phi) is 5.72. The second kappa shape index (κ2) is 7.53. The Morgan fingerprint density at radius 3 is 2.86 bits per heavy atom. The van der Waals surface area contributed by atoms with Gasteiger partial charge in [0.2, 0.25) is 0 Å². The minimum absolute atomic E-state index is 0.112. The van der Waals surface area contributed by atoms with Gasteiger partial charge in [-0.2, -0.15) is 0 Å². The van der Waals surface area contributed by atoms with Crippen LogP contribution in [0.25, 0.3) is 0 Å². The first kappa shape index (κ1) is 15.9. The molecule has 0 atom stereocenters. The molecular weight excluding hydrogens is 352 g/mol. The zero-order chi connectivity index (χ0) is 15.2. The van der Waals surface area contributed by atoms with Gasteiger partial charge in [0.25, 0.3) is 5.91 Å². The molecule has 21 heavy (non-hydrogen) atoms. The minimum atomic E-state index is -0.112. The molecule has 0 radical (unpaired) electrons. The van der Waals surface area contributed by atoms with Gasteiger partial charge in [0, 0.05) is 22.7 Å². The number of rotatable bonds is 6. The van der Waals surface area contributed by atoms with Crippen molar-refractivity contribution in [1.29, 1.82) is 0 Å². The summed E-state index contributed by atoms with van der Waals surface area (Å²) in [5.41, 5.74) is 3.89. The summed E-state index contributed by atoms with van der Waals surface area (Å²) in [5, 5.41) is 2.92. The third-order valence-corrected chi connectivity index (χ3v) is 4.62. The van der Waals surface area contributed by atoms with Crippen molar-refractivity contribution in [2.75, 3.05) is 12.0 Å². The molecule has 2 aromatic heterocycles. The summed E-state index contributed by atoms with van der Waals surface area (Å²) < 4.78 is 1.10. The number of halogens is 1. The van der Waals surface area contributed by atoms with Crippen LogP contribution in [0.1, 0.15) is 27.9 Å². The lowest BCUT2D eigenvalue weighted by Crippen LogP contribution is -2.26. The van der Waals surface area contributed by atoms with Crippen LogP contribution in [0.2, 0.25) is 0 Å². The first-order valence-electron chi connectivity index (χ1n) is 6.62. The number of nitrogens with one attached hydrogen (secondary N) is 2. The summed E-state index contributed by atoms with van der Waals surface area (Å²) in [6.45, 7) is 2.58. The van der Waals surface area contributed by atoms with Crippen molar-refractivity contribution >= 4 is 39.0 Å². The molecule has 2 rings (SSSR count). The molecule has 5 nitrogen and oxygen atoms in total. The van der Waals surface area contributed by atoms with Gasteiger partial charge in [-0.15, -0.1) is 11.3 Å². The van der Waals surface area contributed by atoms with Crippen molar-refractivity contribution < 1.29 is 4.79 Å². The smallest absolute Gasteiger partial charge is 0.251 e. The summed E-state index contributed by atoms with van der Waals surface area (Å²) >= 11 is 5.10. The number of pyridine rings is 1. The topological polar surface area (TPSA) is 80.0 Å². The Morgan fingerprint density at radius 2 is 2.24 bits per heavy atom. The molecule has 0 bridgehead atoms. The molecule has 0 aromatic carbocycles. The lowest BCUT2D eigenvalue weighted by Gasteiger charge is -2.08. The maximum Gasteiger partial charge on any atom is 0.251 e. The molecule has 7 heteroatoms. The molecular formula is C14H17BrN4OS. The average Bonchev–Trinajstić information content (AvgIpc) is 2.92. The Balaban J connectivity index is 1.96. The van der Waals surface area contributed by atoms with Crippen molar-refractivity contribution in [3.8, 4) is 0 Å². The zero-order valence-electron chi connectivity index (χ0n) is 11.6. The van der Waals surface area contributed by atoms with E-state index in [2.05, 4.69) is 37.7 Å². The van der Waals surface area contributed by atoms with E-state index in [1.807, 2.05) is 13.0 Å². The van der Waals surface area contributed by atoms with E-state index in [1.54, 1.807) is 23.5 Å². The van der Waals surface area contributed by atoms with Gasteiger partial charge in [0.15, 0.2) is 0 Å². The molecule has 0 aliphatic carbocycles. The summed E-state index contributed by atoms with van der Waals surface area (Å²) in [4.78, 5) is 17.7. The van der Waals surface area contributed by atoms with Gasteiger partial charge in [-0.05, 0) is 53.0 Å². The standard InChI is InChI=1S/C14H17BrN4OS/c1-2-10-7-9(8-13(18-10)19-16)14(20)17-6-5-11-3-4-12(15)21-11/h3-4,7-8H,2,5-6,16H2,1H3,(H,17,20)(H,18,19). The third kappa shape index (κ3) is 4.52. The van der Waals surface area contributed by atoms with Crippen molar-refractivity contribution in [1.82, 2.24) is 10.3 Å². The van der Waals surface area contributed by atoms with Crippen LogP contribution >= 0.6 is 27.3 Å². The highest BCUT2D eigenvalue weighted by Crippen LogP contribution is 2.22. The van der Waals surface area contributed by atoms with Crippen LogP contribution < -0.4 is 16.6 Å². The van der Waals surface area contributed by atoms with Crippen LogP contribution in [0, 0.1) is 0 Å². The number of aromatic nitrogens is 1. The van der Waals surface area contributed by atoms with Crippen LogP contribution in [0.3, 0.4) is 0 Å². The predicted molar refractivity (Wildman–Crippen MR) is 89.5 cm³/mol. The van der Waals surface area contributed by atoms with E-state index in [0.717, 1.165) is 22.3 Å². The largest absolute Gasteiger partial charge is 0.352 e. The number of hydrogen-bond acceptors (Lipinski definition) is 5. The summed E-state index contributed by atoms with van der Waals surface area (Å²) in [6, 6.07) is 7.50. The van der Waals surface area contributed by atoms with Crippen molar-refractivity contribution in [3.63, 3.8) is 0 Å². The number of nitrogens with zero attached hydrogens (tertiary/aromatic N) is 1. The number of nitrogen functional groups attached to an aromatic ring is 1. The molecule has 4 N–H and O–H groups in total. The fraction of sp³-hybridized carbons (Fsp3) is 0.286. The number of nitrogens with two attached hydrogens (primary N) is 1. The number of carbonyl (C=O) groups excluding carboxylic acids is 1. The summed E-state index contributed by atoms with van der Waals surface area (Å²) in [5.74, 6) is 5.76. The Bertz CT molecular complexity index is 607. The highest BCUT2D eigenvalue weighted by Gasteiger charge is 2.09. The van der Waals surface area contributed by atoms with Crippen LogP contribution in [0.15, 0.2) is 28.1 Å². The number of amides is 1. The monoisotopic (exact) mass is 368 g/mol. The van der Waals surface area contributed by atoms with Gasteiger partial charge >= 0.3 is 0 Å². The van der Waals surface area contributed by atoms with E-state index in [0.29, 0.717) is 17.9 Å². The molecule has 0 saturated heterocycles. The van der Waals surface area contributed by atoms with Crippen LogP contribution in [0.5, 0.6) is 0 Å². The molecule has 0 saturated carbocycles. The van der Waals surface area contributed by atoms with Gasteiger partial charge in [0.05, 0.1) is 3.79 Å². The zero-order valence-corrected chi connectivity index (χ0v) is 14.1. The highest BCUT2D eigenvalue weighted by atomic mass is 79.9. The number of anilines is 1.